The van der Waals surface area contributed by atoms with E-state index in [0.29, 0.717) is 15.7 Å². The Morgan fingerprint density at radius 2 is 1.56 bits per heavy atom. The first-order chi connectivity index (χ1) is 15.3. The van der Waals surface area contributed by atoms with Gasteiger partial charge in [0.1, 0.15) is 0 Å². The number of nitro groups is 1. The molecule has 32 heavy (non-hydrogen) atoms. The van der Waals surface area contributed by atoms with Gasteiger partial charge in [-0.2, -0.15) is 0 Å². The predicted octanol–water partition coefficient (Wildman–Crippen LogP) is 7.30. The van der Waals surface area contributed by atoms with Crippen molar-refractivity contribution in [2.24, 2.45) is 0 Å². The maximum atomic E-state index is 11.5. The summed E-state index contributed by atoms with van der Waals surface area (Å²) < 4.78 is 0. The van der Waals surface area contributed by atoms with Crippen LogP contribution in [0, 0.1) is 10.1 Å². The summed E-state index contributed by atoms with van der Waals surface area (Å²) in [6.07, 6.45) is 5.06. The quantitative estimate of drug-likeness (QED) is 0.183. The second-order valence-electron chi connectivity index (χ2n) is 7.39. The zero-order valence-corrected chi connectivity index (χ0v) is 18.7. The lowest BCUT2D eigenvalue weighted by molar-refractivity contribution is -0.385. The molecule has 0 atom stereocenters. The molecule has 0 aliphatic carbocycles. The third-order valence-corrected chi connectivity index (χ3v) is 5.84. The standard InChI is InChI=1S/C24H22Cl2N2O4/c25-19-14-11-17(15-20(19)26)6-3-1-2-5-16-9-12-18(13-10-16)27-21-7-4-8-22(28(31)32)23(21)24(29)30/h4,7-15,27H,1-3,5-6H2,(H,29,30). The third kappa shape index (κ3) is 6.22. The lowest BCUT2D eigenvalue weighted by Crippen LogP contribution is -2.07. The molecule has 0 aliphatic rings. The fourth-order valence-electron chi connectivity index (χ4n) is 3.46. The molecule has 0 bridgehead atoms. The highest BCUT2D eigenvalue weighted by Crippen LogP contribution is 2.29. The Hall–Kier alpha value is -3.09. The Labute approximate surface area is 196 Å². The highest BCUT2D eigenvalue weighted by Gasteiger charge is 2.23. The van der Waals surface area contributed by atoms with Gasteiger partial charge in [-0.15, -0.1) is 0 Å². The lowest BCUT2D eigenvalue weighted by atomic mass is 10.0. The van der Waals surface area contributed by atoms with E-state index in [1.54, 1.807) is 0 Å². The van der Waals surface area contributed by atoms with Gasteiger partial charge in [-0.05, 0) is 67.1 Å². The van der Waals surface area contributed by atoms with Crippen molar-refractivity contribution in [3.05, 3.63) is 97.5 Å². The molecule has 8 heteroatoms. The molecule has 166 valence electrons. The van der Waals surface area contributed by atoms with E-state index in [1.807, 2.05) is 42.5 Å². The first-order valence-electron chi connectivity index (χ1n) is 10.2. The van der Waals surface area contributed by atoms with Crippen molar-refractivity contribution < 1.29 is 14.8 Å². The van der Waals surface area contributed by atoms with Crippen LogP contribution in [0.2, 0.25) is 10.0 Å². The van der Waals surface area contributed by atoms with Gasteiger partial charge in [0, 0.05) is 11.8 Å². The van der Waals surface area contributed by atoms with Gasteiger partial charge in [0.25, 0.3) is 5.69 Å². The van der Waals surface area contributed by atoms with E-state index in [1.165, 1.54) is 29.3 Å². The summed E-state index contributed by atoms with van der Waals surface area (Å²) in [5.41, 5.74) is 2.39. The van der Waals surface area contributed by atoms with Crippen LogP contribution in [-0.4, -0.2) is 16.0 Å². The number of nitrogens with zero attached hydrogens (tertiary/aromatic N) is 1. The number of hydrogen-bond acceptors (Lipinski definition) is 4. The largest absolute Gasteiger partial charge is 0.477 e. The molecule has 3 aromatic carbocycles. The van der Waals surface area contributed by atoms with Gasteiger partial charge in [-0.3, -0.25) is 10.1 Å². The summed E-state index contributed by atoms with van der Waals surface area (Å²) in [7, 11) is 0. The van der Waals surface area contributed by atoms with E-state index in [9.17, 15) is 20.0 Å². The Balaban J connectivity index is 1.52. The van der Waals surface area contributed by atoms with Crippen LogP contribution in [0.5, 0.6) is 0 Å². The molecule has 0 unspecified atom stereocenters. The molecule has 3 rings (SSSR count). The van der Waals surface area contributed by atoms with E-state index in [4.69, 9.17) is 23.2 Å². The highest BCUT2D eigenvalue weighted by atomic mass is 35.5. The van der Waals surface area contributed by atoms with Crippen molar-refractivity contribution in [1.29, 1.82) is 0 Å². The number of hydrogen-bond donors (Lipinski definition) is 2. The number of rotatable bonds is 10. The number of carboxylic acids is 1. The van der Waals surface area contributed by atoms with E-state index in [0.717, 1.165) is 32.1 Å². The minimum atomic E-state index is -1.35. The number of nitrogens with one attached hydrogen (secondary N) is 1. The fraction of sp³-hybridized carbons (Fsp3) is 0.208. The molecule has 2 N–H and O–H groups in total. The van der Waals surface area contributed by atoms with Crippen LogP contribution >= 0.6 is 23.2 Å². The molecule has 6 nitrogen and oxygen atoms in total. The third-order valence-electron chi connectivity index (χ3n) is 5.10. The molecule has 0 saturated carbocycles. The average Bonchev–Trinajstić information content (AvgIpc) is 2.76. The smallest absolute Gasteiger partial charge is 0.344 e. The molecule has 0 heterocycles. The summed E-state index contributed by atoms with van der Waals surface area (Å²) >= 11 is 12.0. The summed E-state index contributed by atoms with van der Waals surface area (Å²) in [5.74, 6) is -1.35. The van der Waals surface area contributed by atoms with Gasteiger partial charge in [-0.25, -0.2) is 4.79 Å². The van der Waals surface area contributed by atoms with Gasteiger partial charge >= 0.3 is 5.97 Å². The average molecular weight is 473 g/mol. The summed E-state index contributed by atoms with van der Waals surface area (Å²) in [6.45, 7) is 0. The Kier molecular flexibility index (Phi) is 8.09. The monoisotopic (exact) mass is 472 g/mol. The summed E-state index contributed by atoms with van der Waals surface area (Å²) in [5, 5.41) is 24.7. The predicted molar refractivity (Wildman–Crippen MR) is 128 cm³/mol. The van der Waals surface area contributed by atoms with Crippen LogP contribution in [0.25, 0.3) is 0 Å². The molecular weight excluding hydrogens is 451 g/mol. The Morgan fingerprint density at radius 1 is 0.906 bits per heavy atom. The second kappa shape index (κ2) is 11.0. The number of aromatic carboxylic acids is 1. The molecule has 0 amide bonds. The molecule has 0 radical (unpaired) electrons. The minimum Gasteiger partial charge on any atom is -0.477 e. The fourth-order valence-corrected chi connectivity index (χ4v) is 3.78. The number of carboxylic acid groups (broad SMARTS) is 1. The minimum absolute atomic E-state index is 0.182. The van der Waals surface area contributed by atoms with Crippen molar-refractivity contribution in [3.8, 4) is 0 Å². The van der Waals surface area contributed by atoms with Crippen molar-refractivity contribution >= 4 is 46.2 Å². The number of carbonyl (C=O) groups is 1. The molecule has 0 spiro atoms. The van der Waals surface area contributed by atoms with Crippen molar-refractivity contribution in [3.63, 3.8) is 0 Å². The normalized spacial score (nSPS) is 10.7. The topological polar surface area (TPSA) is 92.5 Å². The van der Waals surface area contributed by atoms with Crippen molar-refractivity contribution in [1.82, 2.24) is 0 Å². The maximum absolute atomic E-state index is 11.5. The van der Waals surface area contributed by atoms with Crippen molar-refractivity contribution in [2.75, 3.05) is 5.32 Å². The van der Waals surface area contributed by atoms with Gasteiger partial charge < -0.3 is 10.4 Å². The van der Waals surface area contributed by atoms with Crippen LogP contribution in [0.3, 0.4) is 0 Å². The van der Waals surface area contributed by atoms with Crippen LogP contribution in [0.15, 0.2) is 60.7 Å². The van der Waals surface area contributed by atoms with Gasteiger partial charge in [0.05, 0.1) is 20.7 Å². The van der Waals surface area contributed by atoms with Crippen molar-refractivity contribution in [2.45, 2.75) is 32.1 Å². The van der Waals surface area contributed by atoms with Gasteiger partial charge in [-0.1, -0.05) is 53.9 Å². The van der Waals surface area contributed by atoms with Gasteiger partial charge in [0.2, 0.25) is 0 Å². The second-order valence-corrected chi connectivity index (χ2v) is 8.21. The van der Waals surface area contributed by atoms with E-state index in [-0.39, 0.29) is 11.3 Å². The number of nitro benzene ring substituents is 1. The first-order valence-corrected chi connectivity index (χ1v) is 10.9. The van der Waals surface area contributed by atoms with E-state index >= 15 is 0 Å². The summed E-state index contributed by atoms with van der Waals surface area (Å²) in [6, 6.07) is 17.5. The molecule has 0 aromatic heterocycles. The van der Waals surface area contributed by atoms with E-state index < -0.39 is 16.6 Å². The summed E-state index contributed by atoms with van der Waals surface area (Å²) in [4.78, 5) is 22.0. The highest BCUT2D eigenvalue weighted by molar-refractivity contribution is 6.42. The number of anilines is 2. The zero-order chi connectivity index (χ0) is 23.1. The Morgan fingerprint density at radius 3 is 2.19 bits per heavy atom. The molecule has 0 aliphatic heterocycles. The Bertz CT molecular complexity index is 1120. The molecule has 3 aromatic rings. The van der Waals surface area contributed by atoms with Crippen LogP contribution in [-0.2, 0) is 12.8 Å². The lowest BCUT2D eigenvalue weighted by Gasteiger charge is -2.10. The first kappa shape index (κ1) is 23.6. The zero-order valence-electron chi connectivity index (χ0n) is 17.2. The molecular formula is C24H22Cl2N2O4. The molecule has 0 fully saturated rings. The van der Waals surface area contributed by atoms with Crippen LogP contribution in [0.4, 0.5) is 17.1 Å². The van der Waals surface area contributed by atoms with E-state index in [2.05, 4.69) is 5.32 Å². The van der Waals surface area contributed by atoms with Gasteiger partial charge in [0.15, 0.2) is 5.56 Å². The number of unbranched alkanes of at least 4 members (excludes halogenated alkanes) is 2. The van der Waals surface area contributed by atoms with Crippen LogP contribution < -0.4 is 5.32 Å². The number of aryl methyl sites for hydroxylation is 2. The number of halogens is 2. The molecule has 0 saturated heterocycles. The van der Waals surface area contributed by atoms with Crippen LogP contribution in [0.1, 0.15) is 40.7 Å². The maximum Gasteiger partial charge on any atom is 0.344 e. The SMILES string of the molecule is O=C(O)c1c(Nc2ccc(CCCCCc3ccc(Cl)c(Cl)c3)cc2)cccc1[N+](=O)[O-]. The number of benzene rings is 3.